The molecule has 1 aliphatic rings. The summed E-state index contributed by atoms with van der Waals surface area (Å²) in [7, 11) is 3.13. The summed E-state index contributed by atoms with van der Waals surface area (Å²) in [5.41, 5.74) is 3.60. The van der Waals surface area contributed by atoms with Gasteiger partial charge in [-0.05, 0) is 60.0 Å². The number of aldehydes is 1. The first kappa shape index (κ1) is 20.4. The Bertz CT molecular complexity index is 931. The van der Waals surface area contributed by atoms with Gasteiger partial charge in [0.15, 0.2) is 17.3 Å². The Labute approximate surface area is 171 Å². The monoisotopic (exact) mass is 391 g/mol. The number of ether oxygens (including phenoxy) is 2. The molecule has 0 amide bonds. The van der Waals surface area contributed by atoms with Gasteiger partial charge in [0.1, 0.15) is 6.29 Å². The van der Waals surface area contributed by atoms with Gasteiger partial charge in [-0.2, -0.15) is 0 Å². The van der Waals surface area contributed by atoms with Gasteiger partial charge < -0.3 is 14.8 Å². The van der Waals surface area contributed by atoms with E-state index in [0.29, 0.717) is 36.4 Å². The maximum Gasteiger partial charge on any atom is 0.167 e. The second-order valence-electron chi connectivity index (χ2n) is 6.91. The average molecular weight is 391 g/mol. The number of ketones is 1. The fourth-order valence-electron chi connectivity index (χ4n) is 3.56. The number of methoxy groups -OCH3 is 2. The van der Waals surface area contributed by atoms with Crippen molar-refractivity contribution in [2.24, 2.45) is 5.92 Å². The van der Waals surface area contributed by atoms with Gasteiger partial charge in [-0.25, -0.2) is 0 Å². The van der Waals surface area contributed by atoms with E-state index in [4.69, 9.17) is 9.47 Å². The highest BCUT2D eigenvalue weighted by atomic mass is 16.5. The van der Waals surface area contributed by atoms with E-state index < -0.39 is 0 Å². The first-order valence-corrected chi connectivity index (χ1v) is 9.53. The molecule has 3 rings (SSSR count). The van der Waals surface area contributed by atoms with E-state index in [0.717, 1.165) is 17.4 Å². The molecule has 0 spiro atoms. The number of hydrogen-bond donors (Lipinski definition) is 1. The molecule has 0 saturated carbocycles. The molecule has 1 aliphatic carbocycles. The van der Waals surface area contributed by atoms with Crippen molar-refractivity contribution >= 4 is 12.1 Å². The summed E-state index contributed by atoms with van der Waals surface area (Å²) in [6.07, 6.45) is 7.07. The van der Waals surface area contributed by atoms with Crippen molar-refractivity contribution < 1.29 is 19.1 Å². The van der Waals surface area contributed by atoms with E-state index in [1.165, 1.54) is 11.6 Å². The third kappa shape index (κ3) is 4.93. The first-order valence-electron chi connectivity index (χ1n) is 9.53. The van der Waals surface area contributed by atoms with Gasteiger partial charge in [0.25, 0.3) is 0 Å². The van der Waals surface area contributed by atoms with E-state index in [-0.39, 0.29) is 11.7 Å². The Balaban J connectivity index is 1.66. The first-order chi connectivity index (χ1) is 14.2. The Morgan fingerprint density at radius 1 is 1.14 bits per heavy atom. The Hall–Kier alpha value is -3.34. The molecule has 0 fully saturated rings. The average Bonchev–Trinajstić information content (AvgIpc) is 3.05. The number of rotatable bonds is 9. The van der Waals surface area contributed by atoms with Crippen molar-refractivity contribution in [1.29, 1.82) is 0 Å². The fourth-order valence-corrected chi connectivity index (χ4v) is 3.56. The minimum atomic E-state index is -0.202. The van der Waals surface area contributed by atoms with E-state index in [1.807, 2.05) is 48.7 Å². The van der Waals surface area contributed by atoms with Crippen LogP contribution >= 0.6 is 0 Å². The Kier molecular flexibility index (Phi) is 6.85. The van der Waals surface area contributed by atoms with Crippen molar-refractivity contribution in [2.45, 2.75) is 19.4 Å². The number of Topliss-reactive ketones (excluding diaryl/α,β-unsaturated/α-hetero) is 1. The lowest BCUT2D eigenvalue weighted by atomic mass is 9.95. The SMILES string of the molecule is COc1cc2c(cc1OC)C(=O)C(CC(/C=C\NCc1ccccc1)=C/C=O)C2. The van der Waals surface area contributed by atoms with Crippen LogP contribution < -0.4 is 14.8 Å². The zero-order valence-electron chi connectivity index (χ0n) is 16.7. The van der Waals surface area contributed by atoms with E-state index in [2.05, 4.69) is 5.32 Å². The van der Waals surface area contributed by atoms with E-state index in [9.17, 15) is 9.59 Å². The van der Waals surface area contributed by atoms with Gasteiger partial charge >= 0.3 is 0 Å². The molecule has 0 bridgehead atoms. The van der Waals surface area contributed by atoms with Crippen molar-refractivity contribution in [3.63, 3.8) is 0 Å². The fraction of sp³-hybridized carbons (Fsp3) is 0.250. The van der Waals surface area contributed by atoms with Gasteiger partial charge in [-0.1, -0.05) is 30.3 Å². The third-order valence-corrected chi connectivity index (χ3v) is 5.04. The molecule has 5 heteroatoms. The molecule has 29 heavy (non-hydrogen) atoms. The summed E-state index contributed by atoms with van der Waals surface area (Å²) in [6, 6.07) is 13.7. The van der Waals surface area contributed by atoms with Gasteiger partial charge in [0.05, 0.1) is 14.2 Å². The number of carbonyl (C=O) groups is 2. The molecule has 1 atom stereocenters. The molecule has 1 N–H and O–H groups in total. The van der Waals surface area contributed by atoms with Crippen LogP contribution in [0.15, 0.2) is 66.4 Å². The minimum Gasteiger partial charge on any atom is -0.493 e. The highest BCUT2D eigenvalue weighted by Crippen LogP contribution is 2.38. The van der Waals surface area contributed by atoms with Crippen LogP contribution in [-0.4, -0.2) is 26.3 Å². The highest BCUT2D eigenvalue weighted by molar-refractivity contribution is 6.03. The molecule has 2 aromatic carbocycles. The van der Waals surface area contributed by atoms with Crippen LogP contribution in [0.2, 0.25) is 0 Å². The summed E-state index contributed by atoms with van der Waals surface area (Å²) in [5, 5.41) is 3.22. The van der Waals surface area contributed by atoms with E-state index >= 15 is 0 Å². The number of carbonyl (C=O) groups excluding carboxylic acids is 2. The highest BCUT2D eigenvalue weighted by Gasteiger charge is 2.32. The molecule has 5 nitrogen and oxygen atoms in total. The van der Waals surface area contributed by atoms with Crippen molar-refractivity contribution in [3.05, 3.63) is 83.1 Å². The van der Waals surface area contributed by atoms with Crippen LogP contribution in [-0.2, 0) is 17.8 Å². The van der Waals surface area contributed by atoms with Crippen molar-refractivity contribution in [3.8, 4) is 11.5 Å². The predicted octanol–water partition coefficient (Wildman–Crippen LogP) is 3.88. The number of allylic oxidation sites excluding steroid dienone is 3. The molecular weight excluding hydrogens is 366 g/mol. The quantitative estimate of drug-likeness (QED) is 0.399. The normalized spacial score (nSPS) is 16.0. The number of benzene rings is 2. The summed E-state index contributed by atoms with van der Waals surface area (Å²) in [5.74, 6) is 1.04. The standard InChI is InChI=1S/C24H25NO4/c1-28-22-14-19-13-20(24(27)21(19)15-23(22)29-2)12-17(9-11-26)8-10-25-16-18-6-4-3-5-7-18/h3-11,14-15,20,25H,12-13,16H2,1-2H3/b10-8-,17-9+. The number of fused-ring (bicyclic) bond motifs is 1. The number of nitrogens with one attached hydrogen (secondary N) is 1. The summed E-state index contributed by atoms with van der Waals surface area (Å²) < 4.78 is 10.7. The predicted molar refractivity (Wildman–Crippen MR) is 112 cm³/mol. The van der Waals surface area contributed by atoms with Gasteiger partial charge in [0.2, 0.25) is 0 Å². The summed E-state index contributed by atoms with van der Waals surface area (Å²) >= 11 is 0. The van der Waals surface area contributed by atoms with Gasteiger partial charge in [-0.3, -0.25) is 9.59 Å². The molecule has 0 heterocycles. The van der Waals surface area contributed by atoms with Crippen molar-refractivity contribution in [1.82, 2.24) is 5.32 Å². The van der Waals surface area contributed by atoms with Crippen LogP contribution in [0.25, 0.3) is 0 Å². The van der Waals surface area contributed by atoms with Crippen molar-refractivity contribution in [2.75, 3.05) is 14.2 Å². The van der Waals surface area contributed by atoms with Gasteiger partial charge in [0, 0.05) is 18.0 Å². The molecule has 2 aromatic rings. The van der Waals surface area contributed by atoms with Crippen LogP contribution in [0.1, 0.15) is 27.9 Å². The lowest BCUT2D eigenvalue weighted by Crippen LogP contribution is -2.10. The molecule has 1 unspecified atom stereocenters. The van der Waals surface area contributed by atoms with Gasteiger partial charge in [-0.15, -0.1) is 0 Å². The lowest BCUT2D eigenvalue weighted by molar-refractivity contribution is -0.104. The van der Waals surface area contributed by atoms with Crippen LogP contribution in [0, 0.1) is 5.92 Å². The molecule has 0 radical (unpaired) electrons. The lowest BCUT2D eigenvalue weighted by Gasteiger charge is -2.09. The molecule has 0 aromatic heterocycles. The Morgan fingerprint density at radius 3 is 2.55 bits per heavy atom. The van der Waals surface area contributed by atoms with Crippen LogP contribution in [0.3, 0.4) is 0 Å². The van der Waals surface area contributed by atoms with Crippen LogP contribution in [0.5, 0.6) is 11.5 Å². The van der Waals surface area contributed by atoms with E-state index in [1.54, 1.807) is 20.3 Å². The maximum atomic E-state index is 12.9. The molecular formula is C24H25NO4. The smallest absolute Gasteiger partial charge is 0.167 e. The molecule has 150 valence electrons. The molecule has 0 saturated heterocycles. The van der Waals surface area contributed by atoms with Crippen LogP contribution in [0.4, 0.5) is 0 Å². The summed E-state index contributed by atoms with van der Waals surface area (Å²) in [4.78, 5) is 23.9. The largest absolute Gasteiger partial charge is 0.493 e. The second kappa shape index (κ2) is 9.73. The topological polar surface area (TPSA) is 64.6 Å². The zero-order chi connectivity index (χ0) is 20.6. The maximum absolute atomic E-state index is 12.9. The molecule has 0 aliphatic heterocycles. The third-order valence-electron chi connectivity index (χ3n) is 5.04. The summed E-state index contributed by atoms with van der Waals surface area (Å²) in [6.45, 7) is 0.694. The second-order valence-corrected chi connectivity index (χ2v) is 6.91. The zero-order valence-corrected chi connectivity index (χ0v) is 16.7. The minimum absolute atomic E-state index is 0.0726. The Morgan fingerprint density at radius 2 is 1.86 bits per heavy atom. The number of hydrogen-bond acceptors (Lipinski definition) is 5.